The summed E-state index contributed by atoms with van der Waals surface area (Å²) in [4.78, 5) is 4.19. The van der Waals surface area contributed by atoms with Gasteiger partial charge in [-0.2, -0.15) is 0 Å². The van der Waals surface area contributed by atoms with Gasteiger partial charge in [-0.25, -0.2) is 0 Å². The zero-order valence-corrected chi connectivity index (χ0v) is 11.4. The lowest BCUT2D eigenvalue weighted by Gasteiger charge is -2.20. The van der Waals surface area contributed by atoms with Gasteiger partial charge >= 0.3 is 0 Å². The molecule has 0 atom stereocenters. The molecule has 3 heteroatoms. The molecule has 0 amide bonds. The van der Waals surface area contributed by atoms with Crippen molar-refractivity contribution >= 4 is 0 Å². The summed E-state index contributed by atoms with van der Waals surface area (Å²) in [5.74, 6) is 0.899. The molecule has 0 aromatic carbocycles. The molecule has 1 rings (SSSR count). The smallest absolute Gasteiger partial charge is 0.140 e. The lowest BCUT2D eigenvalue weighted by Crippen LogP contribution is -2.36. The normalized spacial score (nSPS) is 11.5. The van der Waals surface area contributed by atoms with E-state index in [0.29, 0.717) is 0 Å². The molecule has 0 aliphatic carbocycles. The minimum absolute atomic E-state index is 0.209. The van der Waals surface area contributed by atoms with Crippen LogP contribution in [0.1, 0.15) is 39.3 Å². The second-order valence-electron chi connectivity index (χ2n) is 5.32. The molecule has 17 heavy (non-hydrogen) atoms. The van der Waals surface area contributed by atoms with Crippen LogP contribution in [0.2, 0.25) is 0 Å². The molecule has 0 spiro atoms. The lowest BCUT2D eigenvalue weighted by molar-refractivity contribution is 0.298. The van der Waals surface area contributed by atoms with Crippen LogP contribution in [-0.4, -0.2) is 23.7 Å². The second kappa shape index (κ2) is 6.60. The first-order valence-corrected chi connectivity index (χ1v) is 6.28. The fourth-order valence-corrected chi connectivity index (χ4v) is 1.49. The van der Waals surface area contributed by atoms with Gasteiger partial charge < -0.3 is 10.1 Å². The summed E-state index contributed by atoms with van der Waals surface area (Å²) in [7, 11) is 0. The van der Waals surface area contributed by atoms with E-state index in [1.54, 1.807) is 6.20 Å². The van der Waals surface area contributed by atoms with Crippen LogP contribution in [0, 0.1) is 6.92 Å². The number of aromatic nitrogens is 1. The Hall–Kier alpha value is -1.09. The summed E-state index contributed by atoms with van der Waals surface area (Å²) in [6.07, 6.45) is 3.99. The number of nitrogens with one attached hydrogen (secondary N) is 1. The van der Waals surface area contributed by atoms with Gasteiger partial charge in [0.15, 0.2) is 0 Å². The molecular weight excluding hydrogens is 212 g/mol. The fraction of sp³-hybridized carbons (Fsp3) is 0.643. The summed E-state index contributed by atoms with van der Waals surface area (Å²) in [5, 5.41) is 3.46. The van der Waals surface area contributed by atoms with E-state index in [1.165, 1.54) is 0 Å². The van der Waals surface area contributed by atoms with Crippen molar-refractivity contribution in [1.29, 1.82) is 0 Å². The zero-order valence-electron chi connectivity index (χ0n) is 11.4. The predicted octanol–water partition coefficient (Wildman–Crippen LogP) is 2.94. The molecule has 1 aromatic rings. The summed E-state index contributed by atoms with van der Waals surface area (Å²) in [6, 6.07) is 3.87. The maximum atomic E-state index is 5.68. The maximum Gasteiger partial charge on any atom is 0.140 e. The Kier molecular flexibility index (Phi) is 5.42. The van der Waals surface area contributed by atoms with Crippen LogP contribution >= 0.6 is 0 Å². The largest absolute Gasteiger partial charge is 0.492 e. The van der Waals surface area contributed by atoms with Crippen LogP contribution in [0.5, 0.6) is 5.75 Å². The van der Waals surface area contributed by atoms with Gasteiger partial charge in [0.2, 0.25) is 0 Å². The molecule has 0 bridgehead atoms. The van der Waals surface area contributed by atoms with E-state index < -0.39 is 0 Å². The Labute approximate surface area is 105 Å². The van der Waals surface area contributed by atoms with E-state index >= 15 is 0 Å². The van der Waals surface area contributed by atoms with Gasteiger partial charge in [-0.05, 0) is 59.2 Å². The minimum atomic E-state index is 0.209. The third kappa shape index (κ3) is 6.27. The molecule has 1 aromatic heterocycles. The van der Waals surface area contributed by atoms with E-state index in [9.17, 15) is 0 Å². The highest BCUT2D eigenvalue weighted by Crippen LogP contribution is 2.13. The van der Waals surface area contributed by atoms with E-state index in [4.69, 9.17) is 4.74 Å². The Morgan fingerprint density at radius 2 is 2.06 bits per heavy atom. The van der Waals surface area contributed by atoms with Crippen molar-refractivity contribution in [3.8, 4) is 5.75 Å². The highest BCUT2D eigenvalue weighted by atomic mass is 16.5. The van der Waals surface area contributed by atoms with Gasteiger partial charge in [-0.3, -0.25) is 4.98 Å². The van der Waals surface area contributed by atoms with Crippen molar-refractivity contribution < 1.29 is 4.74 Å². The van der Waals surface area contributed by atoms with Crippen molar-refractivity contribution in [3.05, 3.63) is 24.0 Å². The Morgan fingerprint density at radius 3 is 2.71 bits per heavy atom. The van der Waals surface area contributed by atoms with E-state index in [2.05, 4.69) is 31.1 Å². The number of nitrogens with zero attached hydrogens (tertiary/aromatic N) is 1. The minimum Gasteiger partial charge on any atom is -0.492 e. The van der Waals surface area contributed by atoms with Crippen LogP contribution in [0.4, 0.5) is 0 Å². The van der Waals surface area contributed by atoms with E-state index in [-0.39, 0.29) is 5.54 Å². The molecule has 1 N–H and O–H groups in total. The topological polar surface area (TPSA) is 34.1 Å². The van der Waals surface area contributed by atoms with Gasteiger partial charge in [0.25, 0.3) is 0 Å². The molecule has 0 saturated heterocycles. The molecule has 0 aliphatic rings. The van der Waals surface area contributed by atoms with Crippen LogP contribution in [0.3, 0.4) is 0 Å². The molecule has 0 radical (unpaired) electrons. The molecule has 0 fully saturated rings. The first kappa shape index (κ1) is 14.0. The lowest BCUT2D eigenvalue weighted by atomic mass is 10.1. The summed E-state index contributed by atoms with van der Waals surface area (Å²) >= 11 is 0. The molecular formula is C14H24N2O. The Balaban J connectivity index is 2.11. The number of ether oxygens (including phenoxy) is 1. The number of pyridine rings is 1. The van der Waals surface area contributed by atoms with E-state index in [1.807, 2.05) is 19.1 Å². The van der Waals surface area contributed by atoms with Crippen molar-refractivity contribution in [3.63, 3.8) is 0 Å². The number of hydrogen-bond acceptors (Lipinski definition) is 3. The summed E-state index contributed by atoms with van der Waals surface area (Å²) < 4.78 is 5.68. The summed E-state index contributed by atoms with van der Waals surface area (Å²) in [6.45, 7) is 10.3. The first-order chi connectivity index (χ1) is 7.99. The van der Waals surface area contributed by atoms with Crippen LogP contribution in [-0.2, 0) is 0 Å². The first-order valence-electron chi connectivity index (χ1n) is 6.28. The van der Waals surface area contributed by atoms with Crippen molar-refractivity contribution in [1.82, 2.24) is 10.3 Å². The maximum absolute atomic E-state index is 5.68. The summed E-state index contributed by atoms with van der Waals surface area (Å²) in [5.41, 5.74) is 1.17. The van der Waals surface area contributed by atoms with Gasteiger partial charge in [-0.1, -0.05) is 0 Å². The van der Waals surface area contributed by atoms with Gasteiger partial charge in [0.1, 0.15) is 5.75 Å². The van der Waals surface area contributed by atoms with Gasteiger partial charge in [-0.15, -0.1) is 0 Å². The van der Waals surface area contributed by atoms with Crippen LogP contribution in [0.25, 0.3) is 0 Å². The van der Waals surface area contributed by atoms with Crippen LogP contribution in [0.15, 0.2) is 18.3 Å². The number of hydrogen-bond donors (Lipinski definition) is 1. The van der Waals surface area contributed by atoms with Crippen LogP contribution < -0.4 is 10.1 Å². The second-order valence-corrected chi connectivity index (χ2v) is 5.32. The average Bonchev–Trinajstić information content (AvgIpc) is 2.24. The van der Waals surface area contributed by atoms with E-state index in [0.717, 1.165) is 37.4 Å². The van der Waals surface area contributed by atoms with Crippen molar-refractivity contribution in [2.75, 3.05) is 13.2 Å². The van der Waals surface area contributed by atoms with Crippen molar-refractivity contribution in [2.24, 2.45) is 0 Å². The van der Waals surface area contributed by atoms with Gasteiger partial charge in [0, 0.05) is 11.7 Å². The highest BCUT2D eigenvalue weighted by molar-refractivity contribution is 5.25. The SMILES string of the molecule is Cc1ncccc1OCCCCNC(C)(C)C. The standard InChI is InChI=1S/C14H24N2O/c1-12-13(8-7-9-15-12)17-11-6-5-10-16-14(2,3)4/h7-9,16H,5-6,10-11H2,1-4H3. The molecule has 0 aliphatic heterocycles. The average molecular weight is 236 g/mol. The zero-order chi connectivity index (χ0) is 12.7. The fourth-order valence-electron chi connectivity index (χ4n) is 1.49. The molecule has 96 valence electrons. The molecule has 3 nitrogen and oxygen atoms in total. The molecule has 1 heterocycles. The quantitative estimate of drug-likeness (QED) is 0.771. The molecule has 0 saturated carbocycles. The number of aryl methyl sites for hydroxylation is 1. The molecule has 0 unspecified atom stereocenters. The predicted molar refractivity (Wildman–Crippen MR) is 71.5 cm³/mol. The number of rotatable bonds is 6. The highest BCUT2D eigenvalue weighted by Gasteiger charge is 2.07. The number of unbranched alkanes of at least 4 members (excludes halogenated alkanes) is 1. The Bertz CT molecular complexity index is 331. The third-order valence-electron chi connectivity index (χ3n) is 2.44. The Morgan fingerprint density at radius 1 is 1.29 bits per heavy atom. The van der Waals surface area contributed by atoms with Crippen molar-refractivity contribution in [2.45, 2.75) is 46.1 Å². The third-order valence-corrected chi connectivity index (χ3v) is 2.44. The van der Waals surface area contributed by atoms with Gasteiger partial charge in [0.05, 0.1) is 12.3 Å². The monoisotopic (exact) mass is 236 g/mol.